The fourth-order valence-corrected chi connectivity index (χ4v) is 7.44. The van der Waals surface area contributed by atoms with E-state index in [1.807, 2.05) is 13.8 Å². The van der Waals surface area contributed by atoms with Crippen LogP contribution in [0.4, 0.5) is 0 Å². The maximum absolute atomic E-state index is 10.4. The molecule has 5 unspecified atom stereocenters. The summed E-state index contributed by atoms with van der Waals surface area (Å²) in [6.45, 7) is 42.2. The van der Waals surface area contributed by atoms with Crippen LogP contribution in [0, 0.1) is 44.1 Å². The van der Waals surface area contributed by atoms with E-state index in [0.717, 1.165) is 36.9 Å². The zero-order valence-electron chi connectivity index (χ0n) is 48.7. The van der Waals surface area contributed by atoms with Gasteiger partial charge in [-0.2, -0.15) is 8.42 Å². The molecule has 1 radical (unpaired) electrons. The van der Waals surface area contributed by atoms with Gasteiger partial charge in [-0.05, 0) is 26.9 Å². The van der Waals surface area contributed by atoms with E-state index in [4.69, 9.17) is 33.7 Å². The Bertz CT molecular complexity index is 1400. The largest absolute Gasteiger partial charge is 1.00 e. The molecule has 0 aliphatic rings. The third-order valence-electron chi connectivity index (χ3n) is 8.27. The summed E-state index contributed by atoms with van der Waals surface area (Å²) in [7, 11) is 1.18. The summed E-state index contributed by atoms with van der Waals surface area (Å²) in [5, 5.41) is 56.7. The van der Waals surface area contributed by atoms with Crippen molar-refractivity contribution in [3.05, 3.63) is 26.3 Å². The minimum absolute atomic E-state index is 0. The number of quaternary nitrogens is 2. The van der Waals surface area contributed by atoms with Crippen molar-refractivity contribution in [1.82, 2.24) is 4.90 Å². The molecule has 0 aromatic rings. The maximum atomic E-state index is 10.4. The number of carboxylic acid groups (broad SMARTS) is 1. The third-order valence-corrected chi connectivity index (χ3v) is 12.0. The number of carboxylic acids is 1. The molecule has 0 fully saturated rings. The van der Waals surface area contributed by atoms with Crippen LogP contribution in [-0.2, 0) is 48.7 Å². The summed E-state index contributed by atoms with van der Waals surface area (Å²) in [6, 6.07) is 0.525. The number of hydrogen-bond donors (Lipinski definition) is 6. The number of likely N-dealkylation sites (N-methyl/N-ethyl adjacent to an activating group) is 3. The van der Waals surface area contributed by atoms with E-state index in [9.17, 15) is 46.6 Å². The van der Waals surface area contributed by atoms with Gasteiger partial charge in [0.25, 0.3) is 10.1 Å². The van der Waals surface area contributed by atoms with E-state index in [0.29, 0.717) is 32.0 Å². The van der Waals surface area contributed by atoms with E-state index in [-0.39, 0.29) is 117 Å². The van der Waals surface area contributed by atoms with Crippen molar-refractivity contribution in [1.29, 1.82) is 0 Å². The van der Waals surface area contributed by atoms with Crippen molar-refractivity contribution in [3.8, 4) is 0 Å². The molecular formula is C45H107AcN3NaO18S2Si2+. The monoisotopic (exact) mass is 1350 g/mol. The Hall–Kier alpha value is 1.13. The van der Waals surface area contributed by atoms with E-state index in [1.165, 1.54) is 14.2 Å². The van der Waals surface area contributed by atoms with Crippen LogP contribution in [0.5, 0.6) is 0 Å². The van der Waals surface area contributed by atoms with Gasteiger partial charge in [0.1, 0.15) is 37.6 Å². The van der Waals surface area contributed by atoms with Crippen molar-refractivity contribution in [2.75, 3.05) is 146 Å². The summed E-state index contributed by atoms with van der Waals surface area (Å²) in [6.07, 6.45) is -2.31. The quantitative estimate of drug-likeness (QED) is 0.0208. The summed E-state index contributed by atoms with van der Waals surface area (Å²) in [5.41, 5.74) is 0. The van der Waals surface area contributed by atoms with Crippen molar-refractivity contribution < 1.29 is 168 Å². The van der Waals surface area contributed by atoms with Gasteiger partial charge in [-0.25, -0.2) is 8.42 Å². The van der Waals surface area contributed by atoms with Gasteiger partial charge < -0.3 is 77.5 Å². The average Bonchev–Trinajstić information content (AvgIpc) is 3.17. The summed E-state index contributed by atoms with van der Waals surface area (Å²) in [4.78, 5) is 12.5. The number of nitrogens with zero attached hydrogens (tertiary/aromatic N) is 3. The second-order valence-corrected chi connectivity index (χ2v) is 33.2. The minimum atomic E-state index is -4.33. The predicted octanol–water partition coefficient (Wildman–Crippen LogP) is -1.82. The van der Waals surface area contributed by atoms with Crippen LogP contribution in [0.15, 0.2) is 26.3 Å². The van der Waals surface area contributed by atoms with Crippen molar-refractivity contribution in [2.45, 2.75) is 117 Å². The van der Waals surface area contributed by atoms with Crippen LogP contribution in [0.2, 0.25) is 39.3 Å². The first kappa shape index (κ1) is 95.5. The van der Waals surface area contributed by atoms with Crippen molar-refractivity contribution >= 4 is 42.4 Å². The second-order valence-electron chi connectivity index (χ2n) is 19.4. The second kappa shape index (κ2) is 55.4. The topological polar surface area (TPSA) is 302 Å². The van der Waals surface area contributed by atoms with Gasteiger partial charge in [0.15, 0.2) is 0 Å². The van der Waals surface area contributed by atoms with Gasteiger partial charge in [0, 0.05) is 84.4 Å². The van der Waals surface area contributed by atoms with E-state index < -0.39 is 72.2 Å². The number of rotatable bonds is 29. The van der Waals surface area contributed by atoms with Crippen LogP contribution in [0.25, 0.3) is 0 Å². The first-order valence-corrected chi connectivity index (χ1v) is 33.8. The standard InChI is InChI=1S/C11H27NO2Si.C9H22NO2.C8H17NO4.C7H18O5SSi.C4H10O5S.C2H6.2C2H4.Ac.Na/c1-6-12(7-2)8-11(13)9-14-10-15(3,4)5;1-8(2)10(3,4)6-9(11)7-12-5;1-9(2,5-8(11)12)4-7(10)6-13-3;1-14(2,3)6-12-4-7(8)5-13(9,10)11;1-9-2-4(5)3-10(6,7)8;3*1-2;;/h11,13H,6-10H2,1-5H3;8-9,11H,6-7H2,1-5H3;7,10H,4-6H2,1-3H3;7-8H,4-6H2,1-3H3,(H,9,10,11);4-5H,2-3H2,1H3,(H,6,7,8);1-2H3;2*1-2H2;;/q;+1;;;;;;;;+1/p-1. The Balaban J connectivity index is -0.0000000809. The van der Waals surface area contributed by atoms with Gasteiger partial charge in [-0.3, -0.25) is 4.55 Å². The zero-order chi connectivity index (χ0) is 57.8. The molecule has 6 N–H and O–H groups in total. The minimum Gasteiger partial charge on any atom is -0.748 e. The molecule has 0 aliphatic heterocycles. The Morgan fingerprint density at radius 1 is 0.639 bits per heavy atom. The van der Waals surface area contributed by atoms with Crippen molar-refractivity contribution in [2.24, 2.45) is 0 Å². The normalized spacial score (nSPS) is 13.4. The molecule has 0 amide bonds. The maximum Gasteiger partial charge on any atom is 1.00 e. The number of hydrogen-bond acceptors (Lipinski definition) is 18. The zero-order valence-corrected chi connectivity index (χ0v) is 59.1. The number of carbonyl (C=O) groups is 1. The molecule has 0 saturated carbocycles. The Kier molecular flexibility index (Phi) is 73.5. The fourth-order valence-electron chi connectivity index (χ4n) is 4.83. The SMILES string of the molecule is C=C.C=C.CC.CCN(CC)CC(O)COC[Si](C)(C)C.COCC(O)CS(=O)(=O)[O-].COCC(O)C[N+](C)(C)C(C)C.COCC(O)C[N+](C)(C)CC(=O)[O-].C[Si](C)(C)COCC(O)CS(=O)(=O)O.[Ac].[Na+]. The van der Waals surface area contributed by atoms with Gasteiger partial charge in [-0.15, -0.1) is 26.3 Å². The van der Waals surface area contributed by atoms with Crippen LogP contribution in [-0.4, -0.2) is 270 Å². The van der Waals surface area contributed by atoms with Gasteiger partial charge in [0.2, 0.25) is 0 Å². The summed E-state index contributed by atoms with van der Waals surface area (Å²) in [5.74, 6) is -2.57. The van der Waals surface area contributed by atoms with Gasteiger partial charge in [0.05, 0.1) is 124 Å². The Morgan fingerprint density at radius 3 is 1.24 bits per heavy atom. The number of methoxy groups -OCH3 is 3. The molecule has 0 spiro atoms. The van der Waals surface area contributed by atoms with Crippen LogP contribution in [0.3, 0.4) is 0 Å². The fraction of sp³-hybridized carbons (Fsp3) is 0.889. The molecule has 0 aromatic heterocycles. The average molecular weight is 1350 g/mol. The number of ether oxygens (including phenoxy) is 5. The molecule has 21 nitrogen and oxygen atoms in total. The molecule has 433 valence electrons. The van der Waals surface area contributed by atoms with E-state index in [2.05, 4.69) is 117 Å². The molecule has 72 heavy (non-hydrogen) atoms. The van der Waals surface area contributed by atoms with Gasteiger partial charge >= 0.3 is 29.6 Å². The molecule has 0 saturated heterocycles. The van der Waals surface area contributed by atoms with Crippen LogP contribution in [0.1, 0.15) is 41.5 Å². The molecule has 0 bridgehead atoms. The Labute approximate surface area is 499 Å². The molecular weight excluding hydrogens is 1240 g/mol. The smallest absolute Gasteiger partial charge is 0.748 e. The number of aliphatic hydroxyl groups excluding tert-OH is 5. The third kappa shape index (κ3) is 87.8. The molecule has 0 aromatic carbocycles. The number of aliphatic carboxylic acids is 1. The Morgan fingerprint density at radius 2 is 0.958 bits per heavy atom. The van der Waals surface area contributed by atoms with Crippen LogP contribution >= 0.6 is 0 Å². The number of aliphatic hydroxyl groups is 5. The van der Waals surface area contributed by atoms with Crippen LogP contribution < -0.4 is 34.7 Å². The molecule has 0 heterocycles. The summed E-state index contributed by atoms with van der Waals surface area (Å²) < 4.78 is 84.6. The number of carbonyl (C=O) groups excluding carboxylic acids is 1. The predicted molar refractivity (Wildman–Crippen MR) is 286 cm³/mol. The first-order valence-electron chi connectivity index (χ1n) is 23.2. The summed E-state index contributed by atoms with van der Waals surface area (Å²) >= 11 is 0. The first-order chi connectivity index (χ1) is 31.7. The molecule has 0 rings (SSSR count). The van der Waals surface area contributed by atoms with E-state index in [1.54, 1.807) is 21.2 Å². The van der Waals surface area contributed by atoms with Gasteiger partial charge in [-0.1, -0.05) is 67.0 Å². The van der Waals surface area contributed by atoms with E-state index >= 15 is 0 Å². The van der Waals surface area contributed by atoms with Crippen molar-refractivity contribution in [3.63, 3.8) is 0 Å². The molecule has 5 atom stereocenters. The molecule has 0 aliphatic carbocycles. The molecule has 27 heteroatoms.